The molecule has 0 aromatic carbocycles. The highest BCUT2D eigenvalue weighted by atomic mass is 19.1. The lowest BCUT2D eigenvalue weighted by Crippen LogP contribution is -2.25. The van der Waals surface area contributed by atoms with Crippen molar-refractivity contribution < 1.29 is 4.39 Å². The van der Waals surface area contributed by atoms with E-state index in [-0.39, 0.29) is 5.92 Å². The van der Waals surface area contributed by atoms with E-state index in [0.717, 1.165) is 25.7 Å². The molecular formula is C10H21F. The maximum Gasteiger partial charge on any atom is 0.108 e. The summed E-state index contributed by atoms with van der Waals surface area (Å²) in [6.07, 6.45) is 4.24. The minimum absolute atomic E-state index is 0.262. The summed E-state index contributed by atoms with van der Waals surface area (Å²) < 4.78 is 13.4. The van der Waals surface area contributed by atoms with E-state index < -0.39 is 5.67 Å². The molecule has 0 aliphatic heterocycles. The van der Waals surface area contributed by atoms with E-state index in [2.05, 4.69) is 13.8 Å². The molecule has 0 fully saturated rings. The van der Waals surface area contributed by atoms with Gasteiger partial charge in [-0.25, -0.2) is 4.39 Å². The van der Waals surface area contributed by atoms with Crippen LogP contribution in [0.5, 0.6) is 0 Å². The molecule has 11 heavy (non-hydrogen) atoms. The Balaban J connectivity index is 3.88. The van der Waals surface area contributed by atoms with Crippen LogP contribution in [0.4, 0.5) is 4.39 Å². The highest BCUT2D eigenvalue weighted by Crippen LogP contribution is 2.29. The van der Waals surface area contributed by atoms with E-state index >= 15 is 0 Å². The predicted octanol–water partition coefficient (Wildman–Crippen LogP) is 3.95. The Morgan fingerprint density at radius 2 is 1.45 bits per heavy atom. The summed E-state index contributed by atoms with van der Waals surface area (Å²) in [6.45, 7) is 7.63. The molecule has 0 rings (SSSR count). The van der Waals surface area contributed by atoms with Gasteiger partial charge in [-0.05, 0) is 32.6 Å². The third-order valence-electron chi connectivity index (χ3n) is 2.25. The van der Waals surface area contributed by atoms with Gasteiger partial charge in [-0.3, -0.25) is 0 Å². The first-order chi connectivity index (χ1) is 5.02. The molecule has 68 valence electrons. The van der Waals surface area contributed by atoms with E-state index in [9.17, 15) is 4.39 Å². The van der Waals surface area contributed by atoms with Crippen molar-refractivity contribution in [3.63, 3.8) is 0 Å². The van der Waals surface area contributed by atoms with Crippen molar-refractivity contribution >= 4 is 0 Å². The lowest BCUT2D eigenvalue weighted by Gasteiger charge is -2.26. The lowest BCUT2D eigenvalue weighted by atomic mass is 9.85. The zero-order chi connectivity index (χ0) is 8.91. The minimum Gasteiger partial charge on any atom is -0.244 e. The van der Waals surface area contributed by atoms with E-state index in [1.54, 1.807) is 13.8 Å². The summed E-state index contributed by atoms with van der Waals surface area (Å²) in [5.41, 5.74) is -0.980. The molecule has 0 spiro atoms. The number of hydrogen-bond acceptors (Lipinski definition) is 0. The molecule has 0 saturated carbocycles. The molecule has 0 bridgehead atoms. The van der Waals surface area contributed by atoms with Crippen molar-refractivity contribution in [2.75, 3.05) is 0 Å². The SMILES string of the molecule is CCCC(CCC)C(C)(C)F. The van der Waals surface area contributed by atoms with Crippen LogP contribution >= 0.6 is 0 Å². The molecule has 0 aromatic rings. The fraction of sp³-hybridized carbons (Fsp3) is 1.00. The highest BCUT2D eigenvalue weighted by Gasteiger charge is 2.26. The second kappa shape index (κ2) is 4.74. The topological polar surface area (TPSA) is 0 Å². The van der Waals surface area contributed by atoms with Gasteiger partial charge in [0.1, 0.15) is 5.67 Å². The third-order valence-corrected chi connectivity index (χ3v) is 2.25. The molecular weight excluding hydrogens is 139 g/mol. The van der Waals surface area contributed by atoms with Gasteiger partial charge in [0.05, 0.1) is 0 Å². The van der Waals surface area contributed by atoms with Gasteiger partial charge in [-0.2, -0.15) is 0 Å². The average molecular weight is 160 g/mol. The number of halogens is 1. The summed E-state index contributed by atoms with van der Waals surface area (Å²) in [7, 11) is 0. The smallest absolute Gasteiger partial charge is 0.108 e. The predicted molar refractivity (Wildman–Crippen MR) is 48.5 cm³/mol. The summed E-state index contributed by atoms with van der Waals surface area (Å²) in [5.74, 6) is 0.262. The maximum atomic E-state index is 13.4. The van der Waals surface area contributed by atoms with Gasteiger partial charge >= 0.3 is 0 Å². The van der Waals surface area contributed by atoms with Gasteiger partial charge in [-0.1, -0.05) is 26.7 Å². The van der Waals surface area contributed by atoms with E-state index in [4.69, 9.17) is 0 Å². The molecule has 1 heteroatoms. The summed E-state index contributed by atoms with van der Waals surface area (Å²) in [5, 5.41) is 0. The van der Waals surface area contributed by atoms with Crippen LogP contribution in [-0.4, -0.2) is 5.67 Å². The van der Waals surface area contributed by atoms with Crippen LogP contribution in [0.25, 0.3) is 0 Å². The Bertz CT molecular complexity index is 85.5. The standard InChI is InChI=1S/C10H21F/c1-5-7-9(8-6-2)10(3,4)11/h9H,5-8H2,1-4H3. The number of hydrogen-bond donors (Lipinski definition) is 0. The van der Waals surface area contributed by atoms with Gasteiger partial charge < -0.3 is 0 Å². The highest BCUT2D eigenvalue weighted by molar-refractivity contribution is 4.76. The summed E-state index contributed by atoms with van der Waals surface area (Å²) in [4.78, 5) is 0. The van der Waals surface area contributed by atoms with Crippen LogP contribution in [-0.2, 0) is 0 Å². The minimum atomic E-state index is -0.980. The normalized spacial score (nSPS) is 12.5. The van der Waals surface area contributed by atoms with Gasteiger partial charge in [0.25, 0.3) is 0 Å². The Morgan fingerprint density at radius 3 is 1.64 bits per heavy atom. The van der Waals surface area contributed by atoms with E-state index in [0.29, 0.717) is 0 Å². The molecule has 0 nitrogen and oxygen atoms in total. The molecule has 0 unspecified atom stereocenters. The van der Waals surface area contributed by atoms with Gasteiger partial charge in [0.15, 0.2) is 0 Å². The van der Waals surface area contributed by atoms with Crippen molar-refractivity contribution in [3.8, 4) is 0 Å². The molecule has 0 atom stereocenters. The van der Waals surface area contributed by atoms with Gasteiger partial charge in [0.2, 0.25) is 0 Å². The largest absolute Gasteiger partial charge is 0.244 e. The van der Waals surface area contributed by atoms with Crippen molar-refractivity contribution in [1.29, 1.82) is 0 Å². The Hall–Kier alpha value is -0.0700. The lowest BCUT2D eigenvalue weighted by molar-refractivity contribution is 0.109. The monoisotopic (exact) mass is 160 g/mol. The fourth-order valence-corrected chi connectivity index (χ4v) is 1.53. The first kappa shape index (κ1) is 10.9. The Kier molecular flexibility index (Phi) is 4.71. The molecule has 0 aliphatic carbocycles. The number of rotatable bonds is 5. The summed E-state index contributed by atoms with van der Waals surface area (Å²) in [6, 6.07) is 0. The Morgan fingerprint density at radius 1 is 1.09 bits per heavy atom. The maximum absolute atomic E-state index is 13.4. The number of alkyl halides is 1. The van der Waals surface area contributed by atoms with Gasteiger partial charge in [-0.15, -0.1) is 0 Å². The molecule has 0 aliphatic rings. The zero-order valence-electron chi connectivity index (χ0n) is 8.28. The van der Waals surface area contributed by atoms with Crippen molar-refractivity contribution in [2.45, 2.75) is 59.0 Å². The molecule has 0 heterocycles. The molecule has 0 N–H and O–H groups in total. The molecule has 0 radical (unpaired) electrons. The second-order valence-corrected chi connectivity index (χ2v) is 3.84. The third kappa shape index (κ3) is 4.39. The fourth-order valence-electron chi connectivity index (χ4n) is 1.53. The first-order valence-electron chi connectivity index (χ1n) is 4.71. The van der Waals surface area contributed by atoms with Crippen LogP contribution in [0.2, 0.25) is 0 Å². The second-order valence-electron chi connectivity index (χ2n) is 3.84. The summed E-state index contributed by atoms with van der Waals surface area (Å²) >= 11 is 0. The van der Waals surface area contributed by atoms with Crippen molar-refractivity contribution in [2.24, 2.45) is 5.92 Å². The quantitative estimate of drug-likeness (QED) is 0.571. The van der Waals surface area contributed by atoms with Crippen molar-refractivity contribution in [1.82, 2.24) is 0 Å². The van der Waals surface area contributed by atoms with Crippen LogP contribution in [0, 0.1) is 5.92 Å². The Labute approximate surface area is 70.2 Å². The zero-order valence-corrected chi connectivity index (χ0v) is 8.28. The van der Waals surface area contributed by atoms with E-state index in [1.165, 1.54) is 0 Å². The van der Waals surface area contributed by atoms with Crippen LogP contribution < -0.4 is 0 Å². The molecule has 0 amide bonds. The molecule has 0 aromatic heterocycles. The van der Waals surface area contributed by atoms with Crippen LogP contribution in [0.1, 0.15) is 53.4 Å². The van der Waals surface area contributed by atoms with Crippen LogP contribution in [0.3, 0.4) is 0 Å². The van der Waals surface area contributed by atoms with Crippen LogP contribution in [0.15, 0.2) is 0 Å². The van der Waals surface area contributed by atoms with Gasteiger partial charge in [0, 0.05) is 0 Å². The average Bonchev–Trinajstić information content (AvgIpc) is 1.85. The first-order valence-corrected chi connectivity index (χ1v) is 4.71. The van der Waals surface area contributed by atoms with E-state index in [1.807, 2.05) is 0 Å². The molecule has 0 saturated heterocycles. The van der Waals surface area contributed by atoms with Crippen molar-refractivity contribution in [3.05, 3.63) is 0 Å².